The minimum Gasteiger partial charge on any atom is -0.386 e. The minimum absolute atomic E-state index is 0.0909. The highest BCUT2D eigenvalue weighted by Gasteiger charge is 2.32. The van der Waals surface area contributed by atoms with E-state index in [0.717, 1.165) is 31.5 Å². The molecule has 2 N–H and O–H groups in total. The Bertz CT molecular complexity index is 752. The van der Waals surface area contributed by atoms with Crippen LogP contribution in [0.25, 0.3) is 0 Å². The maximum atomic E-state index is 12.9. The molecule has 26 heavy (non-hydrogen) atoms. The first-order valence-corrected chi connectivity index (χ1v) is 9.36. The van der Waals surface area contributed by atoms with E-state index in [1.165, 1.54) is 0 Å². The van der Waals surface area contributed by atoms with Gasteiger partial charge in [-0.15, -0.1) is 0 Å². The summed E-state index contributed by atoms with van der Waals surface area (Å²) in [7, 11) is 0. The summed E-state index contributed by atoms with van der Waals surface area (Å²) in [5.41, 5.74) is 1.54. The molecule has 0 radical (unpaired) electrons. The van der Waals surface area contributed by atoms with E-state index < -0.39 is 12.1 Å². The summed E-state index contributed by atoms with van der Waals surface area (Å²) in [5.74, 6) is -0.0909. The number of pyridine rings is 1. The second-order valence-electron chi connectivity index (χ2n) is 6.36. The van der Waals surface area contributed by atoms with E-state index in [1.54, 1.807) is 41.6 Å². The van der Waals surface area contributed by atoms with Gasteiger partial charge in [-0.1, -0.05) is 29.3 Å². The number of hydrogen-bond acceptors (Lipinski definition) is 4. The van der Waals surface area contributed by atoms with Crippen LogP contribution in [0.2, 0.25) is 10.0 Å². The Morgan fingerprint density at radius 2 is 1.85 bits per heavy atom. The van der Waals surface area contributed by atoms with Gasteiger partial charge in [0.25, 0.3) is 0 Å². The van der Waals surface area contributed by atoms with Crippen molar-refractivity contribution >= 4 is 29.1 Å². The number of carbonyl (C=O) groups excluding carboxylic acids is 1. The lowest BCUT2D eigenvalue weighted by molar-refractivity contribution is -0.135. The van der Waals surface area contributed by atoms with E-state index in [-0.39, 0.29) is 5.91 Å². The molecule has 0 bridgehead atoms. The van der Waals surface area contributed by atoms with E-state index in [1.807, 2.05) is 6.07 Å². The first-order chi connectivity index (χ1) is 12.6. The maximum absolute atomic E-state index is 12.9. The van der Waals surface area contributed by atoms with Crippen LogP contribution in [0, 0.1) is 0 Å². The van der Waals surface area contributed by atoms with Gasteiger partial charge in [-0.2, -0.15) is 0 Å². The average Bonchev–Trinajstić information content (AvgIpc) is 3.20. The Labute approximate surface area is 162 Å². The third-order valence-corrected chi connectivity index (χ3v) is 5.30. The molecular formula is C19H21Cl2N3O2. The van der Waals surface area contributed by atoms with Gasteiger partial charge in [-0.3, -0.25) is 15.1 Å². The zero-order chi connectivity index (χ0) is 18.5. The fourth-order valence-electron chi connectivity index (χ4n) is 3.10. The van der Waals surface area contributed by atoms with Gasteiger partial charge >= 0.3 is 0 Å². The molecular weight excluding hydrogens is 373 g/mol. The summed E-state index contributed by atoms with van der Waals surface area (Å²) < 4.78 is 0. The molecule has 0 spiro atoms. The highest BCUT2D eigenvalue weighted by molar-refractivity contribution is 6.42. The van der Waals surface area contributed by atoms with Gasteiger partial charge in [-0.25, -0.2) is 0 Å². The molecule has 7 heteroatoms. The monoisotopic (exact) mass is 393 g/mol. The molecule has 138 valence electrons. The zero-order valence-electron chi connectivity index (χ0n) is 14.2. The predicted molar refractivity (Wildman–Crippen MR) is 102 cm³/mol. The second-order valence-corrected chi connectivity index (χ2v) is 7.18. The van der Waals surface area contributed by atoms with Crippen LogP contribution in [0.15, 0.2) is 42.7 Å². The highest BCUT2D eigenvalue weighted by atomic mass is 35.5. The predicted octanol–water partition coefficient (Wildman–Crippen LogP) is 3.20. The number of aliphatic hydroxyl groups excluding tert-OH is 1. The Morgan fingerprint density at radius 3 is 2.50 bits per heavy atom. The number of aliphatic hydroxyl groups is 1. The van der Waals surface area contributed by atoms with Gasteiger partial charge in [0.05, 0.1) is 10.0 Å². The molecule has 1 aliphatic rings. The van der Waals surface area contributed by atoms with Crippen LogP contribution in [-0.4, -0.2) is 40.0 Å². The van der Waals surface area contributed by atoms with Gasteiger partial charge < -0.3 is 10.0 Å². The molecule has 1 aromatic heterocycles. The molecule has 3 rings (SSSR count). The molecule has 0 aliphatic carbocycles. The average molecular weight is 394 g/mol. The molecule has 5 nitrogen and oxygen atoms in total. The van der Waals surface area contributed by atoms with Gasteiger partial charge in [0.15, 0.2) is 0 Å². The first kappa shape index (κ1) is 19.1. The van der Waals surface area contributed by atoms with E-state index in [4.69, 9.17) is 23.2 Å². The van der Waals surface area contributed by atoms with Crippen molar-refractivity contribution < 1.29 is 9.90 Å². The third kappa shape index (κ3) is 4.54. The molecule has 1 aliphatic heterocycles. The minimum atomic E-state index is -0.964. The van der Waals surface area contributed by atoms with Crippen molar-refractivity contribution in [2.75, 3.05) is 13.1 Å². The van der Waals surface area contributed by atoms with Crippen molar-refractivity contribution in [3.05, 3.63) is 63.9 Å². The highest BCUT2D eigenvalue weighted by Crippen LogP contribution is 2.24. The number of rotatable bonds is 6. The van der Waals surface area contributed by atoms with Crippen molar-refractivity contribution in [3.63, 3.8) is 0 Å². The number of aromatic nitrogens is 1. The van der Waals surface area contributed by atoms with Crippen LogP contribution in [0.3, 0.4) is 0 Å². The van der Waals surface area contributed by atoms with Crippen molar-refractivity contribution in [2.24, 2.45) is 0 Å². The molecule has 2 aromatic rings. The smallest absolute Gasteiger partial charge is 0.242 e. The number of carbonyl (C=O) groups is 1. The standard InChI is InChI=1S/C19H21Cl2N3O2/c20-15-4-3-13(11-16(15)21)12-23-17(19(26)24-9-1-2-10-24)18(25)14-5-7-22-8-6-14/h3-8,11,17-18,23,25H,1-2,9-10,12H2/t17-,18+/m0/s1. The van der Waals surface area contributed by atoms with Crippen LogP contribution >= 0.6 is 23.2 Å². The molecule has 2 heterocycles. The van der Waals surface area contributed by atoms with Gasteiger partial charge in [0.2, 0.25) is 5.91 Å². The Morgan fingerprint density at radius 1 is 1.15 bits per heavy atom. The van der Waals surface area contributed by atoms with E-state index >= 15 is 0 Å². The summed E-state index contributed by atoms with van der Waals surface area (Å²) in [6, 6.07) is 8.01. The topological polar surface area (TPSA) is 65.5 Å². The lowest BCUT2D eigenvalue weighted by Gasteiger charge is -2.28. The van der Waals surface area contributed by atoms with Crippen LogP contribution in [0.4, 0.5) is 0 Å². The number of benzene rings is 1. The third-order valence-electron chi connectivity index (χ3n) is 4.56. The van der Waals surface area contributed by atoms with Crippen LogP contribution < -0.4 is 5.32 Å². The molecule has 2 atom stereocenters. The molecule has 0 unspecified atom stereocenters. The van der Waals surface area contributed by atoms with Gasteiger partial charge in [-0.05, 0) is 48.2 Å². The van der Waals surface area contributed by atoms with Crippen molar-refractivity contribution in [1.82, 2.24) is 15.2 Å². The Kier molecular flexibility index (Phi) is 6.48. The normalized spacial score (nSPS) is 16.5. The lowest BCUT2D eigenvalue weighted by Crippen LogP contribution is -2.48. The summed E-state index contributed by atoms with van der Waals surface area (Å²) in [6.45, 7) is 1.85. The number of nitrogens with zero attached hydrogens (tertiary/aromatic N) is 2. The van der Waals surface area contributed by atoms with Crippen molar-refractivity contribution in [3.8, 4) is 0 Å². The number of halogens is 2. The maximum Gasteiger partial charge on any atom is 0.242 e. The first-order valence-electron chi connectivity index (χ1n) is 8.60. The van der Waals surface area contributed by atoms with E-state index in [2.05, 4.69) is 10.3 Å². The number of amides is 1. The van der Waals surface area contributed by atoms with E-state index in [0.29, 0.717) is 22.2 Å². The summed E-state index contributed by atoms with van der Waals surface area (Å²) in [4.78, 5) is 18.7. The second kappa shape index (κ2) is 8.82. The largest absolute Gasteiger partial charge is 0.386 e. The number of likely N-dealkylation sites (tertiary alicyclic amines) is 1. The Hall–Kier alpha value is -1.66. The number of nitrogens with one attached hydrogen (secondary N) is 1. The SMILES string of the molecule is O=C([C@@H](NCc1ccc(Cl)c(Cl)c1)[C@H](O)c1ccncc1)N1CCCC1. The van der Waals surface area contributed by atoms with Crippen molar-refractivity contribution in [2.45, 2.75) is 31.5 Å². The lowest BCUT2D eigenvalue weighted by atomic mass is 10.0. The fraction of sp³-hybridized carbons (Fsp3) is 0.368. The molecule has 0 saturated carbocycles. The van der Waals surface area contributed by atoms with Crippen LogP contribution in [0.5, 0.6) is 0 Å². The molecule has 1 aromatic carbocycles. The molecule has 1 fully saturated rings. The van der Waals surface area contributed by atoms with Crippen molar-refractivity contribution in [1.29, 1.82) is 0 Å². The molecule has 1 amide bonds. The van der Waals surface area contributed by atoms with E-state index in [9.17, 15) is 9.90 Å². The number of hydrogen-bond donors (Lipinski definition) is 2. The van der Waals surface area contributed by atoms with Gasteiger partial charge in [0, 0.05) is 32.0 Å². The van der Waals surface area contributed by atoms with Crippen LogP contribution in [0.1, 0.15) is 30.1 Å². The zero-order valence-corrected chi connectivity index (χ0v) is 15.7. The summed E-state index contributed by atoms with van der Waals surface area (Å²) >= 11 is 12.0. The fourth-order valence-corrected chi connectivity index (χ4v) is 3.42. The van der Waals surface area contributed by atoms with Crippen LogP contribution in [-0.2, 0) is 11.3 Å². The summed E-state index contributed by atoms with van der Waals surface area (Å²) in [6.07, 6.45) is 4.24. The molecule has 1 saturated heterocycles. The van der Waals surface area contributed by atoms with Gasteiger partial charge in [0.1, 0.15) is 12.1 Å². The summed E-state index contributed by atoms with van der Waals surface area (Å²) in [5, 5.41) is 14.9. The quantitative estimate of drug-likeness (QED) is 0.790. The Balaban J connectivity index is 1.77.